The van der Waals surface area contributed by atoms with Gasteiger partial charge in [-0.05, 0) is 37.8 Å². The molecule has 0 spiro atoms. The fourth-order valence-corrected chi connectivity index (χ4v) is 2.67. The average molecular weight is 286 g/mol. The Hall–Kier alpha value is -1.65. The molecule has 1 aromatic carbocycles. The zero-order valence-corrected chi connectivity index (χ0v) is 13.3. The summed E-state index contributed by atoms with van der Waals surface area (Å²) in [4.78, 5) is 4.47. The van der Waals surface area contributed by atoms with Crippen LogP contribution in [0, 0.1) is 13.8 Å². The van der Waals surface area contributed by atoms with Crippen LogP contribution in [0.15, 0.2) is 30.6 Å². The van der Waals surface area contributed by atoms with Gasteiger partial charge in [-0.3, -0.25) is 11.3 Å². The number of nitrogens with zero attached hydrogens (tertiary/aromatic N) is 2. The second-order valence-corrected chi connectivity index (χ2v) is 5.74. The predicted molar refractivity (Wildman–Crippen MR) is 87.0 cm³/mol. The molecule has 0 aliphatic carbocycles. The number of aryl methyl sites for hydroxylation is 3. The van der Waals surface area contributed by atoms with Crippen molar-refractivity contribution in [1.82, 2.24) is 15.0 Å². The lowest BCUT2D eigenvalue weighted by molar-refractivity contribution is 0.494. The molecular formula is C17H26N4. The van der Waals surface area contributed by atoms with Crippen LogP contribution >= 0.6 is 0 Å². The largest absolute Gasteiger partial charge is 0.335 e. The van der Waals surface area contributed by atoms with Crippen LogP contribution in [0.3, 0.4) is 0 Å². The summed E-state index contributed by atoms with van der Waals surface area (Å²) in [5.74, 6) is 6.86. The highest BCUT2D eigenvalue weighted by Crippen LogP contribution is 2.14. The van der Waals surface area contributed by atoms with Gasteiger partial charge >= 0.3 is 0 Å². The van der Waals surface area contributed by atoms with Crippen LogP contribution in [0.1, 0.15) is 35.9 Å². The van der Waals surface area contributed by atoms with Gasteiger partial charge < -0.3 is 4.57 Å². The number of hydrogen-bond donors (Lipinski definition) is 2. The number of imidazole rings is 1. The summed E-state index contributed by atoms with van der Waals surface area (Å²) in [6.45, 7) is 7.47. The van der Waals surface area contributed by atoms with Gasteiger partial charge in [0.25, 0.3) is 0 Å². The third kappa shape index (κ3) is 4.16. The molecule has 1 atom stereocenters. The quantitative estimate of drug-likeness (QED) is 0.607. The van der Waals surface area contributed by atoms with E-state index in [1.807, 2.05) is 12.4 Å². The van der Waals surface area contributed by atoms with Gasteiger partial charge in [0.05, 0.1) is 0 Å². The fourth-order valence-electron chi connectivity index (χ4n) is 2.67. The van der Waals surface area contributed by atoms with Crippen LogP contribution in [-0.4, -0.2) is 15.6 Å². The lowest BCUT2D eigenvalue weighted by Gasteiger charge is -2.18. The van der Waals surface area contributed by atoms with Gasteiger partial charge in [-0.15, -0.1) is 0 Å². The molecule has 0 radical (unpaired) electrons. The number of rotatable bonds is 7. The van der Waals surface area contributed by atoms with E-state index in [2.05, 4.69) is 53.9 Å². The van der Waals surface area contributed by atoms with E-state index in [1.165, 1.54) is 16.7 Å². The Bertz CT molecular complexity index is 574. The fraction of sp³-hybridized carbons (Fsp3) is 0.471. The van der Waals surface area contributed by atoms with Crippen molar-refractivity contribution in [2.24, 2.45) is 5.84 Å². The third-order valence-corrected chi connectivity index (χ3v) is 3.90. The molecule has 1 aromatic heterocycles. The Balaban J connectivity index is 2.09. The van der Waals surface area contributed by atoms with Gasteiger partial charge in [0.15, 0.2) is 0 Å². The van der Waals surface area contributed by atoms with Crippen molar-refractivity contribution >= 4 is 0 Å². The van der Waals surface area contributed by atoms with E-state index in [9.17, 15) is 0 Å². The van der Waals surface area contributed by atoms with E-state index in [-0.39, 0.29) is 6.04 Å². The number of nitrogens with one attached hydrogen (secondary N) is 1. The van der Waals surface area contributed by atoms with Crippen LogP contribution in [0.25, 0.3) is 0 Å². The average Bonchev–Trinajstić information content (AvgIpc) is 2.89. The first-order chi connectivity index (χ1) is 10.1. The Morgan fingerprint density at radius 2 is 2.10 bits per heavy atom. The normalized spacial score (nSPS) is 12.6. The summed E-state index contributed by atoms with van der Waals surface area (Å²) in [5.41, 5.74) is 6.91. The van der Waals surface area contributed by atoms with Crippen LogP contribution in [0.2, 0.25) is 0 Å². The van der Waals surface area contributed by atoms with Gasteiger partial charge in [0.2, 0.25) is 0 Å². The zero-order chi connectivity index (χ0) is 15.2. The molecule has 1 heterocycles. The highest BCUT2D eigenvalue weighted by molar-refractivity contribution is 5.31. The molecule has 4 heteroatoms. The molecule has 21 heavy (non-hydrogen) atoms. The molecule has 0 saturated carbocycles. The first-order valence-corrected chi connectivity index (χ1v) is 7.66. The van der Waals surface area contributed by atoms with Gasteiger partial charge in [0, 0.05) is 31.4 Å². The van der Waals surface area contributed by atoms with Crippen molar-refractivity contribution in [3.63, 3.8) is 0 Å². The minimum atomic E-state index is 0.198. The van der Waals surface area contributed by atoms with Gasteiger partial charge in [0.1, 0.15) is 5.82 Å². The van der Waals surface area contributed by atoms with Crippen molar-refractivity contribution in [2.45, 2.75) is 52.6 Å². The third-order valence-electron chi connectivity index (χ3n) is 3.90. The first kappa shape index (κ1) is 15.7. The molecule has 0 bridgehead atoms. The van der Waals surface area contributed by atoms with Crippen molar-refractivity contribution < 1.29 is 0 Å². The second-order valence-electron chi connectivity index (χ2n) is 5.74. The molecule has 2 rings (SSSR count). The minimum absolute atomic E-state index is 0.198. The highest BCUT2D eigenvalue weighted by atomic mass is 15.2. The van der Waals surface area contributed by atoms with E-state index < -0.39 is 0 Å². The molecule has 4 nitrogen and oxygen atoms in total. The monoisotopic (exact) mass is 286 g/mol. The molecule has 0 fully saturated rings. The van der Waals surface area contributed by atoms with Crippen molar-refractivity contribution in [1.29, 1.82) is 0 Å². The Morgan fingerprint density at radius 1 is 1.29 bits per heavy atom. The van der Waals surface area contributed by atoms with Crippen molar-refractivity contribution in [2.75, 3.05) is 0 Å². The number of benzene rings is 1. The maximum atomic E-state index is 5.76. The Labute approximate surface area is 127 Å². The molecule has 1 unspecified atom stereocenters. The second kappa shape index (κ2) is 7.38. The van der Waals surface area contributed by atoms with Crippen LogP contribution in [-0.2, 0) is 19.4 Å². The van der Waals surface area contributed by atoms with Crippen LogP contribution in [0.4, 0.5) is 0 Å². The number of hydrogen-bond acceptors (Lipinski definition) is 3. The Morgan fingerprint density at radius 3 is 2.81 bits per heavy atom. The van der Waals surface area contributed by atoms with Gasteiger partial charge in [-0.25, -0.2) is 4.98 Å². The molecule has 0 aliphatic rings. The molecule has 0 amide bonds. The zero-order valence-electron chi connectivity index (χ0n) is 13.3. The topological polar surface area (TPSA) is 55.9 Å². The summed E-state index contributed by atoms with van der Waals surface area (Å²) in [7, 11) is 0. The van der Waals surface area contributed by atoms with Gasteiger partial charge in [-0.2, -0.15) is 0 Å². The van der Waals surface area contributed by atoms with E-state index in [0.717, 1.165) is 31.6 Å². The molecule has 114 valence electrons. The van der Waals surface area contributed by atoms with Crippen LogP contribution < -0.4 is 11.3 Å². The predicted octanol–water partition coefficient (Wildman–Crippen LogP) is 2.53. The summed E-state index contributed by atoms with van der Waals surface area (Å²) in [5, 5.41) is 0. The Kier molecular flexibility index (Phi) is 5.53. The first-order valence-electron chi connectivity index (χ1n) is 7.66. The molecule has 2 aromatic rings. The maximum absolute atomic E-state index is 5.76. The summed E-state index contributed by atoms with van der Waals surface area (Å²) in [6.07, 6.45) is 6.79. The van der Waals surface area contributed by atoms with E-state index in [0.29, 0.717) is 0 Å². The minimum Gasteiger partial charge on any atom is -0.335 e. The molecule has 0 saturated heterocycles. The van der Waals surface area contributed by atoms with Gasteiger partial charge in [-0.1, -0.05) is 30.7 Å². The standard InChI is InChI=1S/C17H26N4/c1-4-8-21-9-7-19-17(21)12-16(20-18)11-15-10-13(2)5-6-14(15)3/h5-7,9-10,16,20H,4,8,11-12,18H2,1-3H3. The van der Waals surface area contributed by atoms with E-state index in [4.69, 9.17) is 5.84 Å². The van der Waals surface area contributed by atoms with Crippen LogP contribution in [0.5, 0.6) is 0 Å². The smallest absolute Gasteiger partial charge is 0.110 e. The SMILES string of the molecule is CCCn1ccnc1CC(Cc1cc(C)ccc1C)NN. The number of aromatic nitrogens is 2. The summed E-state index contributed by atoms with van der Waals surface area (Å²) < 4.78 is 2.22. The van der Waals surface area contributed by atoms with Crippen molar-refractivity contribution in [3.8, 4) is 0 Å². The number of hydrazine groups is 1. The van der Waals surface area contributed by atoms with Crippen molar-refractivity contribution in [3.05, 3.63) is 53.1 Å². The molecular weight excluding hydrogens is 260 g/mol. The summed E-state index contributed by atoms with van der Waals surface area (Å²) >= 11 is 0. The summed E-state index contributed by atoms with van der Waals surface area (Å²) in [6, 6.07) is 6.77. The maximum Gasteiger partial charge on any atom is 0.110 e. The lowest BCUT2D eigenvalue weighted by Crippen LogP contribution is -2.39. The molecule has 0 aliphatic heterocycles. The van der Waals surface area contributed by atoms with E-state index in [1.54, 1.807) is 0 Å². The lowest BCUT2D eigenvalue weighted by atomic mass is 9.97. The number of nitrogens with two attached hydrogens (primary N) is 1. The van der Waals surface area contributed by atoms with E-state index >= 15 is 0 Å². The highest BCUT2D eigenvalue weighted by Gasteiger charge is 2.13. The molecule has 3 N–H and O–H groups in total.